The van der Waals surface area contributed by atoms with E-state index in [9.17, 15) is 19.5 Å². The zero-order chi connectivity index (χ0) is 16.7. The van der Waals surface area contributed by atoms with E-state index in [1.165, 1.54) is 11.8 Å². The summed E-state index contributed by atoms with van der Waals surface area (Å²) in [4.78, 5) is 36.8. The van der Waals surface area contributed by atoms with E-state index in [-0.39, 0.29) is 25.3 Å². The number of carbonyl (C=O) groups excluding carboxylic acids is 2. The normalized spacial score (nSPS) is 16.3. The highest BCUT2D eigenvalue weighted by atomic mass is 16.4. The predicted molar refractivity (Wildman–Crippen MR) is 80.3 cm³/mol. The smallest absolute Gasteiger partial charge is 0.329 e. The Morgan fingerprint density at radius 2 is 1.91 bits per heavy atom. The molecule has 118 valence electrons. The summed E-state index contributed by atoms with van der Waals surface area (Å²) in [6, 6.07) is 3.78. The number of aliphatic carboxylic acids is 1. The number of rotatable bonds is 5. The molecule has 0 aliphatic carbocycles. The summed E-state index contributed by atoms with van der Waals surface area (Å²) in [6.45, 7) is 5.44. The Balaban J connectivity index is 2.43. The van der Waals surface area contributed by atoms with Gasteiger partial charge in [0.1, 0.15) is 5.54 Å². The van der Waals surface area contributed by atoms with Gasteiger partial charge < -0.3 is 15.7 Å². The zero-order valence-corrected chi connectivity index (χ0v) is 13.0. The molecule has 0 aromatic heterocycles. The Morgan fingerprint density at radius 3 is 2.41 bits per heavy atom. The van der Waals surface area contributed by atoms with Crippen molar-refractivity contribution >= 4 is 17.8 Å². The molecule has 6 heteroatoms. The van der Waals surface area contributed by atoms with Gasteiger partial charge in [-0.3, -0.25) is 9.59 Å². The van der Waals surface area contributed by atoms with Crippen molar-refractivity contribution in [3.63, 3.8) is 0 Å². The summed E-state index contributed by atoms with van der Waals surface area (Å²) in [5.74, 6) is -2.01. The van der Waals surface area contributed by atoms with E-state index in [4.69, 9.17) is 5.73 Å². The van der Waals surface area contributed by atoms with Crippen LogP contribution < -0.4 is 5.73 Å². The molecule has 1 atom stereocenters. The lowest BCUT2D eigenvalue weighted by atomic mass is 9.93. The van der Waals surface area contributed by atoms with Gasteiger partial charge in [-0.25, -0.2) is 4.79 Å². The van der Waals surface area contributed by atoms with Crippen molar-refractivity contribution in [3.05, 3.63) is 34.4 Å². The predicted octanol–water partition coefficient (Wildman–Crippen LogP) is 1.37. The van der Waals surface area contributed by atoms with Crippen molar-refractivity contribution in [3.8, 4) is 0 Å². The number of fused-ring (bicyclic) bond motifs is 1. The number of hydrogen-bond donors (Lipinski definition) is 2. The van der Waals surface area contributed by atoms with Crippen LogP contribution in [0.1, 0.15) is 46.8 Å². The second kappa shape index (κ2) is 5.44. The van der Waals surface area contributed by atoms with Gasteiger partial charge in [-0.1, -0.05) is 12.1 Å². The third-order valence-electron chi connectivity index (χ3n) is 4.45. The average molecular weight is 304 g/mol. The topological polar surface area (TPSA) is 101 Å². The molecule has 2 amide bonds. The quantitative estimate of drug-likeness (QED) is 0.857. The van der Waals surface area contributed by atoms with Crippen LogP contribution in [0.3, 0.4) is 0 Å². The number of carboxylic acid groups (broad SMARTS) is 1. The lowest BCUT2D eigenvalue weighted by Gasteiger charge is -2.34. The maximum atomic E-state index is 12.7. The first kappa shape index (κ1) is 16.0. The van der Waals surface area contributed by atoms with E-state index >= 15 is 0 Å². The monoisotopic (exact) mass is 304 g/mol. The van der Waals surface area contributed by atoms with E-state index in [0.717, 1.165) is 16.7 Å². The Hall–Kier alpha value is -2.37. The molecule has 1 aromatic rings. The third kappa shape index (κ3) is 2.45. The van der Waals surface area contributed by atoms with Crippen LogP contribution in [0.15, 0.2) is 12.1 Å². The number of nitrogens with two attached hydrogens (primary N) is 1. The first-order valence-corrected chi connectivity index (χ1v) is 7.11. The fourth-order valence-corrected chi connectivity index (χ4v) is 2.86. The van der Waals surface area contributed by atoms with E-state index in [1.807, 2.05) is 26.0 Å². The number of carboxylic acids is 1. The summed E-state index contributed by atoms with van der Waals surface area (Å²) >= 11 is 0. The molecule has 3 N–H and O–H groups in total. The van der Waals surface area contributed by atoms with Crippen molar-refractivity contribution in [1.29, 1.82) is 0 Å². The molecule has 0 radical (unpaired) electrons. The minimum Gasteiger partial charge on any atom is -0.480 e. The summed E-state index contributed by atoms with van der Waals surface area (Å²) in [5.41, 5.74) is 6.90. The molecule has 0 saturated heterocycles. The van der Waals surface area contributed by atoms with Gasteiger partial charge >= 0.3 is 5.97 Å². The number of primary amides is 1. The van der Waals surface area contributed by atoms with Crippen molar-refractivity contribution in [2.45, 2.75) is 45.7 Å². The lowest BCUT2D eigenvalue weighted by Crippen LogP contribution is -2.53. The molecular formula is C16H20N2O4. The Kier molecular flexibility index (Phi) is 3.96. The van der Waals surface area contributed by atoms with Gasteiger partial charge in [-0.15, -0.1) is 0 Å². The Bertz CT molecular complexity index is 668. The van der Waals surface area contributed by atoms with Crippen molar-refractivity contribution in [2.75, 3.05) is 0 Å². The molecule has 1 aliphatic rings. The Labute approximate surface area is 128 Å². The van der Waals surface area contributed by atoms with Crippen LogP contribution in [0.2, 0.25) is 0 Å². The summed E-state index contributed by atoms with van der Waals surface area (Å²) < 4.78 is 0. The van der Waals surface area contributed by atoms with E-state index < -0.39 is 17.4 Å². The van der Waals surface area contributed by atoms with Crippen molar-refractivity contribution < 1.29 is 19.5 Å². The molecule has 1 heterocycles. The summed E-state index contributed by atoms with van der Waals surface area (Å²) in [7, 11) is 0. The molecule has 22 heavy (non-hydrogen) atoms. The van der Waals surface area contributed by atoms with Gasteiger partial charge in [0.25, 0.3) is 5.91 Å². The van der Waals surface area contributed by atoms with E-state index in [0.29, 0.717) is 5.56 Å². The number of carbonyl (C=O) groups is 3. The first-order valence-electron chi connectivity index (χ1n) is 7.11. The molecule has 0 fully saturated rings. The van der Waals surface area contributed by atoms with Crippen molar-refractivity contribution in [1.82, 2.24) is 4.90 Å². The molecular weight excluding hydrogens is 284 g/mol. The summed E-state index contributed by atoms with van der Waals surface area (Å²) in [6.07, 6.45) is -0.0869. The molecule has 1 aliphatic heterocycles. The van der Waals surface area contributed by atoms with Crippen LogP contribution in [-0.2, 0) is 16.1 Å². The molecule has 1 unspecified atom stereocenters. The van der Waals surface area contributed by atoms with Gasteiger partial charge in [0.05, 0.1) is 0 Å². The fraction of sp³-hybridized carbons (Fsp3) is 0.438. The number of nitrogens with zero attached hydrogens (tertiary/aromatic N) is 1. The lowest BCUT2D eigenvalue weighted by molar-refractivity contribution is -0.149. The minimum absolute atomic E-state index is 0.00447. The van der Waals surface area contributed by atoms with Gasteiger partial charge in [-0.2, -0.15) is 0 Å². The maximum absolute atomic E-state index is 12.7. The largest absolute Gasteiger partial charge is 0.480 e. The van der Waals surface area contributed by atoms with Crippen LogP contribution in [-0.4, -0.2) is 33.3 Å². The second-order valence-corrected chi connectivity index (χ2v) is 5.99. The minimum atomic E-state index is -1.45. The molecule has 6 nitrogen and oxygen atoms in total. The molecule has 0 spiro atoms. The highest BCUT2D eigenvalue weighted by Gasteiger charge is 2.46. The maximum Gasteiger partial charge on any atom is 0.329 e. The highest BCUT2D eigenvalue weighted by molar-refractivity contribution is 6.03. The molecule has 0 saturated carbocycles. The van der Waals surface area contributed by atoms with Crippen LogP contribution in [0.4, 0.5) is 0 Å². The Morgan fingerprint density at radius 1 is 1.32 bits per heavy atom. The van der Waals surface area contributed by atoms with Crippen LogP contribution >= 0.6 is 0 Å². The van der Waals surface area contributed by atoms with Gasteiger partial charge in [0, 0.05) is 18.5 Å². The first-order chi connectivity index (χ1) is 10.2. The van der Waals surface area contributed by atoms with Gasteiger partial charge in [0.15, 0.2) is 0 Å². The fourth-order valence-electron chi connectivity index (χ4n) is 2.86. The SMILES string of the molecule is Cc1ccc(C)c2c1CN(C(C)(CCC(N)=O)C(=O)O)C2=O. The van der Waals surface area contributed by atoms with E-state index in [1.54, 1.807) is 0 Å². The number of benzene rings is 1. The number of aryl methyl sites for hydroxylation is 2. The van der Waals surface area contributed by atoms with Gasteiger partial charge in [0.2, 0.25) is 5.91 Å². The van der Waals surface area contributed by atoms with Crippen LogP contribution in [0.5, 0.6) is 0 Å². The molecule has 2 rings (SSSR count). The number of hydrogen-bond acceptors (Lipinski definition) is 3. The average Bonchev–Trinajstić information content (AvgIpc) is 2.79. The third-order valence-corrected chi connectivity index (χ3v) is 4.45. The standard InChI is InChI=1S/C16H20N2O4/c1-9-4-5-10(2)13-11(9)8-18(14(13)20)16(3,15(21)22)7-6-12(17)19/h4-5H,6-8H2,1-3H3,(H2,17,19)(H,21,22). The second-order valence-electron chi connectivity index (χ2n) is 5.99. The number of amides is 2. The molecule has 1 aromatic carbocycles. The van der Waals surface area contributed by atoms with Crippen LogP contribution in [0, 0.1) is 13.8 Å². The van der Waals surface area contributed by atoms with Gasteiger partial charge in [-0.05, 0) is 43.9 Å². The van der Waals surface area contributed by atoms with E-state index in [2.05, 4.69) is 0 Å². The van der Waals surface area contributed by atoms with Crippen molar-refractivity contribution in [2.24, 2.45) is 5.73 Å². The van der Waals surface area contributed by atoms with Crippen LogP contribution in [0.25, 0.3) is 0 Å². The highest BCUT2D eigenvalue weighted by Crippen LogP contribution is 2.35. The zero-order valence-electron chi connectivity index (χ0n) is 13.0. The molecule has 0 bridgehead atoms. The summed E-state index contributed by atoms with van der Waals surface area (Å²) in [5, 5.41) is 9.60.